The Hall–Kier alpha value is -2.29. The van der Waals surface area contributed by atoms with Crippen LogP contribution in [0.25, 0.3) is 0 Å². The number of amides is 1. The highest BCUT2D eigenvalue weighted by atomic mass is 16.1. The van der Waals surface area contributed by atoms with Gasteiger partial charge in [0.25, 0.3) is 5.91 Å². The molecule has 3 nitrogen and oxygen atoms in total. The Balaban J connectivity index is 0.000000921. The average Bonchev–Trinajstić information content (AvgIpc) is 2.59. The Morgan fingerprint density at radius 2 is 1.38 bits per heavy atom. The summed E-state index contributed by atoms with van der Waals surface area (Å²) in [5.41, 5.74) is 2.36. The fraction of sp³-hybridized carbons (Fsp3) is 0.278. The van der Waals surface area contributed by atoms with Gasteiger partial charge in [-0.1, -0.05) is 52.0 Å². The van der Waals surface area contributed by atoms with Gasteiger partial charge in [-0.05, 0) is 30.3 Å². The molecule has 0 aliphatic carbocycles. The summed E-state index contributed by atoms with van der Waals surface area (Å²) in [6.07, 6.45) is 0. The van der Waals surface area contributed by atoms with Gasteiger partial charge in [-0.25, -0.2) is 0 Å². The molecule has 114 valence electrons. The molecule has 3 heteroatoms. The summed E-state index contributed by atoms with van der Waals surface area (Å²) in [5.74, 6) is -0.103. The molecular weight excluding hydrogens is 260 g/mol. The fourth-order valence-electron chi connectivity index (χ4n) is 1.54. The molecule has 0 fully saturated rings. The molecule has 0 bridgehead atoms. The van der Waals surface area contributed by atoms with Gasteiger partial charge in [0, 0.05) is 24.0 Å². The van der Waals surface area contributed by atoms with Crippen LogP contribution in [0.4, 0.5) is 11.4 Å². The first-order chi connectivity index (χ1) is 10.3. The molecule has 0 saturated carbocycles. The molecule has 1 amide bonds. The first-order valence-corrected chi connectivity index (χ1v) is 7.44. The zero-order chi connectivity index (χ0) is 16.1. The molecule has 0 radical (unpaired) electrons. The predicted octanol–water partition coefficient (Wildman–Crippen LogP) is 5.03. The molecule has 0 aliphatic rings. The number of anilines is 2. The first-order valence-electron chi connectivity index (χ1n) is 7.44. The first kappa shape index (κ1) is 18.7. The van der Waals surface area contributed by atoms with Crippen molar-refractivity contribution in [2.75, 3.05) is 17.7 Å². The van der Waals surface area contributed by atoms with E-state index in [-0.39, 0.29) is 5.91 Å². The highest BCUT2D eigenvalue weighted by Gasteiger charge is 2.05. The van der Waals surface area contributed by atoms with Crippen LogP contribution in [0.3, 0.4) is 0 Å². The topological polar surface area (TPSA) is 41.1 Å². The standard InChI is InChI=1S/C14H14N2O.2C2H6/c1-15-13-9-5-6-11(10-13)14(17)16-12-7-3-2-4-8-12;2*1-2/h2-10,15H,1H3,(H,16,17);2*1-2H3. The largest absolute Gasteiger partial charge is 0.388 e. The lowest BCUT2D eigenvalue weighted by molar-refractivity contribution is 0.102. The van der Waals surface area contributed by atoms with E-state index in [2.05, 4.69) is 10.6 Å². The van der Waals surface area contributed by atoms with E-state index in [0.29, 0.717) is 5.56 Å². The third kappa shape index (κ3) is 6.61. The maximum Gasteiger partial charge on any atom is 0.255 e. The van der Waals surface area contributed by atoms with Crippen LogP contribution in [0.1, 0.15) is 38.1 Å². The molecule has 2 aromatic carbocycles. The molecule has 0 atom stereocenters. The monoisotopic (exact) mass is 286 g/mol. The van der Waals surface area contributed by atoms with Crippen molar-refractivity contribution in [3.05, 3.63) is 60.2 Å². The van der Waals surface area contributed by atoms with Crippen LogP contribution in [0.15, 0.2) is 54.6 Å². The van der Waals surface area contributed by atoms with E-state index in [1.165, 1.54) is 0 Å². The second-order valence-corrected chi connectivity index (χ2v) is 3.65. The average molecular weight is 286 g/mol. The van der Waals surface area contributed by atoms with Gasteiger partial charge in [-0.15, -0.1) is 0 Å². The Morgan fingerprint density at radius 3 is 1.95 bits per heavy atom. The van der Waals surface area contributed by atoms with Crippen molar-refractivity contribution in [3.63, 3.8) is 0 Å². The zero-order valence-corrected chi connectivity index (χ0v) is 13.6. The van der Waals surface area contributed by atoms with Gasteiger partial charge in [0.15, 0.2) is 0 Å². The number of hydrogen-bond donors (Lipinski definition) is 2. The van der Waals surface area contributed by atoms with Crippen molar-refractivity contribution in [3.8, 4) is 0 Å². The van der Waals surface area contributed by atoms with Crippen molar-refractivity contribution in [2.24, 2.45) is 0 Å². The smallest absolute Gasteiger partial charge is 0.255 e. The SMILES string of the molecule is CC.CC.CNc1cccc(C(=O)Nc2ccccc2)c1. The molecule has 0 spiro atoms. The molecular formula is C18H26N2O. The van der Waals surface area contributed by atoms with Crippen LogP contribution in [-0.4, -0.2) is 13.0 Å². The summed E-state index contributed by atoms with van der Waals surface area (Å²) in [7, 11) is 1.83. The van der Waals surface area contributed by atoms with Gasteiger partial charge < -0.3 is 10.6 Å². The van der Waals surface area contributed by atoms with Gasteiger partial charge >= 0.3 is 0 Å². The van der Waals surface area contributed by atoms with E-state index >= 15 is 0 Å². The van der Waals surface area contributed by atoms with E-state index in [4.69, 9.17) is 0 Å². The van der Waals surface area contributed by atoms with Crippen molar-refractivity contribution in [1.82, 2.24) is 0 Å². The molecule has 0 heterocycles. The number of benzene rings is 2. The Morgan fingerprint density at radius 1 is 0.810 bits per heavy atom. The quantitative estimate of drug-likeness (QED) is 0.830. The minimum Gasteiger partial charge on any atom is -0.388 e. The van der Waals surface area contributed by atoms with Gasteiger partial charge in [0.1, 0.15) is 0 Å². The zero-order valence-electron chi connectivity index (χ0n) is 13.6. The van der Waals surface area contributed by atoms with Crippen molar-refractivity contribution in [2.45, 2.75) is 27.7 Å². The maximum atomic E-state index is 11.9. The minimum atomic E-state index is -0.103. The minimum absolute atomic E-state index is 0.103. The lowest BCUT2D eigenvalue weighted by Gasteiger charge is -2.06. The van der Waals surface area contributed by atoms with E-state index in [1.54, 1.807) is 6.07 Å². The summed E-state index contributed by atoms with van der Waals surface area (Å²) in [5, 5.41) is 5.85. The Bertz CT molecular complexity index is 510. The fourth-order valence-corrected chi connectivity index (χ4v) is 1.54. The van der Waals surface area contributed by atoms with Crippen molar-refractivity contribution in [1.29, 1.82) is 0 Å². The predicted molar refractivity (Wildman–Crippen MR) is 93.1 cm³/mol. The van der Waals surface area contributed by atoms with Gasteiger partial charge in [0.05, 0.1) is 0 Å². The normalized spacial score (nSPS) is 8.43. The van der Waals surface area contributed by atoms with Gasteiger partial charge in [-0.2, -0.15) is 0 Å². The number of para-hydroxylation sites is 1. The number of nitrogens with one attached hydrogen (secondary N) is 2. The highest BCUT2D eigenvalue weighted by molar-refractivity contribution is 6.04. The van der Waals surface area contributed by atoms with Gasteiger partial charge in [0.2, 0.25) is 0 Å². The van der Waals surface area contributed by atoms with Crippen LogP contribution in [-0.2, 0) is 0 Å². The van der Waals surface area contributed by atoms with Crippen molar-refractivity contribution >= 4 is 17.3 Å². The molecule has 0 unspecified atom stereocenters. The lowest BCUT2D eigenvalue weighted by atomic mass is 10.2. The molecule has 2 rings (SSSR count). The third-order valence-electron chi connectivity index (χ3n) is 2.45. The Kier molecular flexibility index (Phi) is 10.3. The number of hydrogen-bond acceptors (Lipinski definition) is 2. The molecule has 21 heavy (non-hydrogen) atoms. The molecule has 0 aliphatic heterocycles. The molecule has 0 saturated heterocycles. The number of carbonyl (C=O) groups is 1. The molecule has 0 aromatic heterocycles. The van der Waals surface area contributed by atoms with Crippen LogP contribution >= 0.6 is 0 Å². The van der Waals surface area contributed by atoms with Crippen LogP contribution in [0, 0.1) is 0 Å². The Labute approximate surface area is 128 Å². The second-order valence-electron chi connectivity index (χ2n) is 3.65. The lowest BCUT2D eigenvalue weighted by Crippen LogP contribution is -2.11. The second kappa shape index (κ2) is 11.5. The van der Waals surface area contributed by atoms with E-state index < -0.39 is 0 Å². The summed E-state index contributed by atoms with van der Waals surface area (Å²) < 4.78 is 0. The van der Waals surface area contributed by atoms with Crippen LogP contribution in [0.5, 0.6) is 0 Å². The van der Waals surface area contributed by atoms with E-state index in [9.17, 15) is 4.79 Å². The van der Waals surface area contributed by atoms with E-state index in [1.807, 2.05) is 83.3 Å². The summed E-state index contributed by atoms with van der Waals surface area (Å²) in [6, 6.07) is 16.8. The maximum absolute atomic E-state index is 11.9. The number of rotatable bonds is 3. The van der Waals surface area contributed by atoms with E-state index in [0.717, 1.165) is 11.4 Å². The van der Waals surface area contributed by atoms with Gasteiger partial charge in [-0.3, -0.25) is 4.79 Å². The summed E-state index contributed by atoms with van der Waals surface area (Å²) in [4.78, 5) is 11.9. The highest BCUT2D eigenvalue weighted by Crippen LogP contribution is 2.12. The molecule has 2 aromatic rings. The number of carbonyl (C=O) groups excluding carboxylic acids is 1. The van der Waals surface area contributed by atoms with Crippen LogP contribution < -0.4 is 10.6 Å². The van der Waals surface area contributed by atoms with Crippen LogP contribution in [0.2, 0.25) is 0 Å². The summed E-state index contributed by atoms with van der Waals surface area (Å²) >= 11 is 0. The summed E-state index contributed by atoms with van der Waals surface area (Å²) in [6.45, 7) is 8.00. The molecule has 2 N–H and O–H groups in total. The van der Waals surface area contributed by atoms with Crippen molar-refractivity contribution < 1.29 is 4.79 Å². The third-order valence-corrected chi connectivity index (χ3v) is 2.45.